The zero-order valence-electron chi connectivity index (χ0n) is 14.3. The van der Waals surface area contributed by atoms with Gasteiger partial charge in [0, 0.05) is 29.6 Å². The lowest BCUT2D eigenvalue weighted by Crippen LogP contribution is -2.33. The Morgan fingerprint density at radius 1 is 1.26 bits per heavy atom. The van der Waals surface area contributed by atoms with E-state index in [1.807, 2.05) is 18.6 Å². The van der Waals surface area contributed by atoms with Crippen molar-refractivity contribution in [1.29, 1.82) is 0 Å². The highest BCUT2D eigenvalue weighted by Crippen LogP contribution is 2.42. The second-order valence-electron chi connectivity index (χ2n) is 6.33. The maximum Gasteiger partial charge on any atom is 0.514 e. The standard InChI is InChI=1S/C18H15N3O5S/c1-10-16(17-15(8-19-10)27-9-20-17)11-6-14(7-11)26-18(22)25-13-4-2-12(3-5-13)21(23)24/h2-5,8-9,11,14H,6-7H2,1H3. The lowest BCUT2D eigenvalue weighted by atomic mass is 9.76. The quantitative estimate of drug-likeness (QED) is 0.284. The first-order chi connectivity index (χ1) is 13.0. The average Bonchev–Trinajstić information content (AvgIpc) is 3.07. The lowest BCUT2D eigenvalue weighted by molar-refractivity contribution is -0.384. The average molecular weight is 385 g/mol. The second-order valence-corrected chi connectivity index (χ2v) is 7.22. The second kappa shape index (κ2) is 6.92. The molecule has 0 spiro atoms. The van der Waals surface area contributed by atoms with E-state index in [0.29, 0.717) is 12.8 Å². The van der Waals surface area contributed by atoms with Gasteiger partial charge >= 0.3 is 6.16 Å². The molecular formula is C18H15N3O5S. The molecule has 1 aliphatic rings. The van der Waals surface area contributed by atoms with E-state index in [2.05, 4.69) is 9.97 Å². The molecule has 27 heavy (non-hydrogen) atoms. The van der Waals surface area contributed by atoms with Crippen molar-refractivity contribution < 1.29 is 19.2 Å². The number of thiazole rings is 1. The molecule has 0 saturated heterocycles. The van der Waals surface area contributed by atoms with Crippen LogP contribution < -0.4 is 4.74 Å². The minimum Gasteiger partial charge on any atom is -0.431 e. The summed E-state index contributed by atoms with van der Waals surface area (Å²) < 4.78 is 11.4. The highest BCUT2D eigenvalue weighted by Gasteiger charge is 2.36. The Hall–Kier alpha value is -3.07. The summed E-state index contributed by atoms with van der Waals surface area (Å²) in [7, 11) is 0. The third-order valence-corrected chi connectivity index (χ3v) is 5.39. The number of rotatable bonds is 4. The number of hydrogen-bond acceptors (Lipinski definition) is 8. The third-order valence-electron chi connectivity index (χ3n) is 4.63. The summed E-state index contributed by atoms with van der Waals surface area (Å²) in [6, 6.07) is 5.26. The van der Waals surface area contributed by atoms with E-state index < -0.39 is 11.1 Å². The summed E-state index contributed by atoms with van der Waals surface area (Å²) in [5.41, 5.74) is 4.79. The number of fused-ring (bicyclic) bond motifs is 1. The molecule has 0 atom stereocenters. The fraction of sp³-hybridized carbons (Fsp3) is 0.278. The van der Waals surface area contributed by atoms with Gasteiger partial charge in [-0.15, -0.1) is 11.3 Å². The molecule has 0 radical (unpaired) electrons. The van der Waals surface area contributed by atoms with Crippen LogP contribution in [0.4, 0.5) is 10.5 Å². The van der Waals surface area contributed by atoms with Crippen molar-refractivity contribution in [3.8, 4) is 5.75 Å². The first-order valence-electron chi connectivity index (χ1n) is 8.33. The molecule has 0 N–H and O–H groups in total. The highest BCUT2D eigenvalue weighted by molar-refractivity contribution is 7.16. The van der Waals surface area contributed by atoms with E-state index >= 15 is 0 Å². The number of non-ortho nitro benzene ring substituents is 1. The van der Waals surface area contributed by atoms with E-state index in [1.54, 1.807) is 11.3 Å². The van der Waals surface area contributed by atoms with Crippen molar-refractivity contribution in [2.45, 2.75) is 31.8 Å². The smallest absolute Gasteiger partial charge is 0.431 e. The predicted octanol–water partition coefficient (Wildman–Crippen LogP) is 4.37. The molecule has 0 unspecified atom stereocenters. The zero-order valence-corrected chi connectivity index (χ0v) is 15.1. The van der Waals surface area contributed by atoms with Gasteiger partial charge < -0.3 is 9.47 Å². The van der Waals surface area contributed by atoms with E-state index in [9.17, 15) is 14.9 Å². The van der Waals surface area contributed by atoms with E-state index in [-0.39, 0.29) is 23.5 Å². The minimum atomic E-state index is -0.811. The number of carbonyl (C=O) groups excluding carboxylic acids is 1. The van der Waals surface area contributed by atoms with Gasteiger partial charge in [-0.3, -0.25) is 15.1 Å². The van der Waals surface area contributed by atoms with Crippen LogP contribution in [-0.2, 0) is 4.74 Å². The van der Waals surface area contributed by atoms with E-state index in [4.69, 9.17) is 9.47 Å². The summed E-state index contributed by atoms with van der Waals surface area (Å²) in [6.45, 7) is 1.96. The van der Waals surface area contributed by atoms with Gasteiger partial charge in [-0.2, -0.15) is 0 Å². The molecule has 1 saturated carbocycles. The van der Waals surface area contributed by atoms with Gasteiger partial charge in [0.25, 0.3) is 5.69 Å². The van der Waals surface area contributed by atoms with Crippen molar-refractivity contribution in [2.75, 3.05) is 0 Å². The molecule has 0 aliphatic heterocycles. The molecule has 0 bridgehead atoms. The van der Waals surface area contributed by atoms with Crippen molar-refractivity contribution in [3.05, 3.63) is 57.3 Å². The minimum absolute atomic E-state index is 0.0715. The summed E-state index contributed by atoms with van der Waals surface area (Å²) in [6.07, 6.45) is 2.17. The Bertz CT molecular complexity index is 1010. The lowest BCUT2D eigenvalue weighted by Gasteiger charge is -2.35. The SMILES string of the molecule is Cc1ncc2scnc2c1C1CC(OC(=O)Oc2ccc([N+](=O)[O-])cc2)C1. The number of ether oxygens (including phenoxy) is 2. The van der Waals surface area contributed by atoms with Crippen LogP contribution in [0.3, 0.4) is 0 Å². The normalized spacial score (nSPS) is 18.7. The Kier molecular flexibility index (Phi) is 4.44. The van der Waals surface area contributed by atoms with Crippen molar-refractivity contribution in [3.63, 3.8) is 0 Å². The third kappa shape index (κ3) is 3.45. The van der Waals surface area contributed by atoms with Crippen LogP contribution >= 0.6 is 11.3 Å². The summed E-state index contributed by atoms with van der Waals surface area (Å²) in [4.78, 5) is 30.9. The van der Waals surface area contributed by atoms with Crippen LogP contribution in [0.1, 0.15) is 30.0 Å². The molecule has 1 aliphatic carbocycles. The van der Waals surface area contributed by atoms with Gasteiger partial charge in [-0.25, -0.2) is 9.78 Å². The first-order valence-corrected chi connectivity index (χ1v) is 9.21. The number of aryl methyl sites for hydroxylation is 1. The zero-order chi connectivity index (χ0) is 19.0. The van der Waals surface area contributed by atoms with Crippen molar-refractivity contribution in [1.82, 2.24) is 9.97 Å². The van der Waals surface area contributed by atoms with Crippen molar-refractivity contribution >= 4 is 33.4 Å². The van der Waals surface area contributed by atoms with Crippen LogP contribution in [0, 0.1) is 17.0 Å². The topological polar surface area (TPSA) is 104 Å². The summed E-state index contributed by atoms with van der Waals surface area (Å²) in [5, 5.41) is 10.6. The van der Waals surface area contributed by atoms with Gasteiger partial charge in [0.15, 0.2) is 0 Å². The summed E-state index contributed by atoms with van der Waals surface area (Å²) in [5.74, 6) is 0.453. The Morgan fingerprint density at radius 2 is 2.00 bits per heavy atom. The molecule has 1 aromatic carbocycles. The molecule has 4 rings (SSSR count). The van der Waals surface area contributed by atoms with Crippen molar-refractivity contribution in [2.24, 2.45) is 0 Å². The molecule has 9 heteroatoms. The van der Waals surface area contributed by atoms with Crippen LogP contribution in [0.5, 0.6) is 5.75 Å². The highest BCUT2D eigenvalue weighted by atomic mass is 32.1. The number of aromatic nitrogens is 2. The molecule has 3 aromatic rings. The first kappa shape index (κ1) is 17.3. The van der Waals surface area contributed by atoms with Gasteiger partial charge in [0.2, 0.25) is 0 Å². The van der Waals surface area contributed by atoms with Gasteiger partial charge in [-0.05, 0) is 37.8 Å². The van der Waals surface area contributed by atoms with E-state index in [0.717, 1.165) is 21.5 Å². The fourth-order valence-electron chi connectivity index (χ4n) is 3.22. The molecule has 138 valence electrons. The van der Waals surface area contributed by atoms with E-state index in [1.165, 1.54) is 24.3 Å². The number of nitrogens with zero attached hydrogens (tertiary/aromatic N) is 3. The Balaban J connectivity index is 1.34. The van der Waals surface area contributed by atoms with Gasteiger partial charge in [-0.1, -0.05) is 0 Å². The molecule has 0 amide bonds. The largest absolute Gasteiger partial charge is 0.514 e. The maximum atomic E-state index is 11.9. The van der Waals surface area contributed by atoms with Crippen LogP contribution in [-0.4, -0.2) is 27.2 Å². The Morgan fingerprint density at radius 3 is 2.70 bits per heavy atom. The number of nitro groups is 1. The van der Waals surface area contributed by atoms with Gasteiger partial charge in [0.05, 0.1) is 20.7 Å². The molecule has 1 fully saturated rings. The van der Waals surface area contributed by atoms with Crippen LogP contribution in [0.2, 0.25) is 0 Å². The summed E-state index contributed by atoms with van der Waals surface area (Å²) >= 11 is 1.56. The van der Waals surface area contributed by atoms with Crippen LogP contribution in [0.25, 0.3) is 10.2 Å². The van der Waals surface area contributed by atoms with Gasteiger partial charge in [0.1, 0.15) is 11.9 Å². The number of hydrogen-bond donors (Lipinski definition) is 0. The monoisotopic (exact) mass is 385 g/mol. The number of carbonyl (C=O) groups is 1. The predicted molar refractivity (Wildman–Crippen MR) is 98.1 cm³/mol. The van der Waals surface area contributed by atoms with Crippen LogP contribution in [0.15, 0.2) is 36.0 Å². The fourth-order valence-corrected chi connectivity index (χ4v) is 3.88. The Labute approximate surface area is 157 Å². The number of pyridine rings is 1. The molecular weight excluding hydrogens is 370 g/mol. The number of nitro benzene ring substituents is 1. The molecule has 2 aromatic heterocycles. The molecule has 8 nitrogen and oxygen atoms in total. The molecule has 2 heterocycles. The number of benzene rings is 1. The maximum absolute atomic E-state index is 11.9.